The number of carbonyl (C=O) groups is 2. The van der Waals surface area contributed by atoms with Crippen LogP contribution in [0.2, 0.25) is 0 Å². The van der Waals surface area contributed by atoms with Crippen molar-refractivity contribution < 1.29 is 9.59 Å². The Kier molecular flexibility index (Phi) is 20.1. The summed E-state index contributed by atoms with van der Waals surface area (Å²) in [4.78, 5) is 49.5. The first kappa shape index (κ1) is 52.4. The van der Waals surface area contributed by atoms with E-state index in [4.69, 9.17) is 5.73 Å². The molecule has 0 spiro atoms. The van der Waals surface area contributed by atoms with Gasteiger partial charge >= 0.3 is 0 Å². The summed E-state index contributed by atoms with van der Waals surface area (Å²) in [7, 11) is 0. The van der Waals surface area contributed by atoms with Gasteiger partial charge in [-0.1, -0.05) is 111 Å². The van der Waals surface area contributed by atoms with Gasteiger partial charge < -0.3 is 24.3 Å². The number of rotatable bonds is 10. The SMILES string of the molecule is CC(=O)Cl.CCCc1cnc2nc(C)n(Cc3ccccc3)c2c1.CCN.CCN(C(C)=O)c1cnc2nc(C)n(Cc3ccccc3)c2c1.Cc1nc2ncc(Br)cc2n1Cc1ccccc1. The highest BCUT2D eigenvalue weighted by molar-refractivity contribution is 9.10. The minimum absolute atomic E-state index is 0.0134. The molecule has 9 aromatic rings. The highest BCUT2D eigenvalue weighted by Crippen LogP contribution is 2.24. The number of benzene rings is 3. The molecular formula is C53H61BrClN11O2. The monoisotopic (exact) mass is 997 g/mol. The molecule has 15 heteroatoms. The maximum atomic E-state index is 11.8. The number of hydrogen-bond acceptors (Lipinski definition) is 9. The summed E-state index contributed by atoms with van der Waals surface area (Å²) < 4.78 is 7.54. The van der Waals surface area contributed by atoms with Gasteiger partial charge in [-0.15, -0.1) is 0 Å². The number of nitrogens with zero attached hydrogens (tertiary/aromatic N) is 10. The molecule has 0 saturated heterocycles. The summed E-state index contributed by atoms with van der Waals surface area (Å²) in [6.07, 6.45) is 7.65. The highest BCUT2D eigenvalue weighted by Gasteiger charge is 2.15. The fraction of sp³-hybridized carbons (Fsp3) is 0.283. The summed E-state index contributed by atoms with van der Waals surface area (Å²) in [6.45, 7) is 18.7. The van der Waals surface area contributed by atoms with Gasteiger partial charge in [0, 0.05) is 56.9 Å². The van der Waals surface area contributed by atoms with Crippen LogP contribution in [-0.2, 0) is 35.6 Å². The third-order valence-corrected chi connectivity index (χ3v) is 10.9. The van der Waals surface area contributed by atoms with Crippen molar-refractivity contribution >= 4 is 77.9 Å². The van der Waals surface area contributed by atoms with Crippen LogP contribution in [0.25, 0.3) is 33.5 Å². The van der Waals surface area contributed by atoms with Crippen molar-refractivity contribution in [1.29, 1.82) is 0 Å². The number of nitrogens with two attached hydrogens (primary N) is 1. The van der Waals surface area contributed by atoms with Crippen molar-refractivity contribution in [2.75, 3.05) is 18.0 Å². The quantitative estimate of drug-likeness (QED) is 0.132. The highest BCUT2D eigenvalue weighted by atomic mass is 79.9. The van der Waals surface area contributed by atoms with Gasteiger partial charge in [0.1, 0.15) is 17.5 Å². The molecule has 0 aliphatic carbocycles. The minimum Gasteiger partial charge on any atom is -0.331 e. The molecule has 0 radical (unpaired) electrons. The van der Waals surface area contributed by atoms with Gasteiger partial charge in [-0.2, -0.15) is 0 Å². The summed E-state index contributed by atoms with van der Waals surface area (Å²) in [6, 6.07) is 37.4. The van der Waals surface area contributed by atoms with Gasteiger partial charge in [0.25, 0.3) is 0 Å². The van der Waals surface area contributed by atoms with Gasteiger partial charge in [-0.3, -0.25) is 9.59 Å². The second kappa shape index (κ2) is 26.1. The molecule has 13 nitrogen and oxygen atoms in total. The zero-order valence-corrected chi connectivity index (χ0v) is 42.5. The number of hydrogen-bond donors (Lipinski definition) is 1. The molecule has 6 aromatic heterocycles. The fourth-order valence-corrected chi connectivity index (χ4v) is 7.74. The van der Waals surface area contributed by atoms with Crippen molar-refractivity contribution in [1.82, 2.24) is 43.6 Å². The van der Waals surface area contributed by atoms with E-state index < -0.39 is 0 Å². The molecule has 68 heavy (non-hydrogen) atoms. The molecule has 0 aliphatic heterocycles. The average molecular weight is 1000 g/mol. The average Bonchev–Trinajstić information content (AvgIpc) is 3.92. The smallest absolute Gasteiger partial charge is 0.223 e. The Morgan fingerprint density at radius 2 is 0.956 bits per heavy atom. The van der Waals surface area contributed by atoms with Crippen LogP contribution >= 0.6 is 27.5 Å². The molecule has 0 saturated carbocycles. The van der Waals surface area contributed by atoms with Crippen LogP contribution in [-0.4, -0.2) is 67.8 Å². The molecule has 0 unspecified atom stereocenters. The lowest BCUT2D eigenvalue weighted by Gasteiger charge is -2.18. The first-order chi connectivity index (χ1) is 32.8. The molecule has 0 fully saturated rings. The van der Waals surface area contributed by atoms with Gasteiger partial charge in [0.05, 0.1) is 28.4 Å². The van der Waals surface area contributed by atoms with E-state index in [1.54, 1.807) is 24.2 Å². The Balaban J connectivity index is 0.000000179. The van der Waals surface area contributed by atoms with Gasteiger partial charge in [0.15, 0.2) is 16.9 Å². The number of amides is 1. The number of fused-ring (bicyclic) bond motifs is 3. The van der Waals surface area contributed by atoms with E-state index in [9.17, 15) is 9.59 Å². The standard InChI is InChI=1S/C18H20N4O.C17H19N3.C14H12BrN3.C2H3ClO.C2H7N/c1-4-21(14(3)23)16-10-17-18(19-11-16)20-13(2)22(17)12-15-8-6-5-7-9-15;1-3-7-15-10-16-17(18-11-15)19-13(2)20(16)12-14-8-5-4-6-9-14;1-10-17-14-13(7-12(15)8-16-14)18(10)9-11-5-3-2-4-6-11;1-2(3)4;1-2-3/h5-11H,4,12H2,1-3H3;4-6,8-11H,3,7,12H2,1-2H3;2-8H,9H2,1H3;1H3;2-3H2,1H3. The molecule has 0 bridgehead atoms. The van der Waals surface area contributed by atoms with Gasteiger partial charge in [-0.05, 0) is 109 Å². The van der Waals surface area contributed by atoms with Crippen molar-refractivity contribution in [3.63, 3.8) is 0 Å². The van der Waals surface area contributed by atoms with E-state index in [-0.39, 0.29) is 11.1 Å². The van der Waals surface area contributed by atoms with E-state index >= 15 is 0 Å². The Morgan fingerprint density at radius 3 is 1.34 bits per heavy atom. The first-order valence-electron chi connectivity index (χ1n) is 22.7. The van der Waals surface area contributed by atoms with Crippen LogP contribution in [0.1, 0.15) is 80.8 Å². The topological polar surface area (TPSA) is 156 Å². The Bertz CT molecular complexity index is 3000. The Labute approximate surface area is 412 Å². The zero-order valence-electron chi connectivity index (χ0n) is 40.2. The van der Waals surface area contributed by atoms with Crippen molar-refractivity contribution in [2.45, 2.75) is 87.9 Å². The van der Waals surface area contributed by atoms with Crippen LogP contribution in [0.15, 0.2) is 132 Å². The van der Waals surface area contributed by atoms with E-state index in [0.717, 1.165) is 94.5 Å². The van der Waals surface area contributed by atoms with Crippen LogP contribution in [0, 0.1) is 20.8 Å². The van der Waals surface area contributed by atoms with E-state index in [2.05, 4.69) is 151 Å². The van der Waals surface area contributed by atoms with Crippen molar-refractivity contribution in [3.05, 3.63) is 172 Å². The van der Waals surface area contributed by atoms with Gasteiger partial charge in [-0.25, -0.2) is 29.9 Å². The second-order valence-corrected chi connectivity index (χ2v) is 17.3. The lowest BCUT2D eigenvalue weighted by atomic mass is 10.1. The van der Waals surface area contributed by atoms with Crippen LogP contribution < -0.4 is 10.6 Å². The van der Waals surface area contributed by atoms with Crippen molar-refractivity contribution in [3.8, 4) is 0 Å². The molecule has 6 heterocycles. The third-order valence-electron chi connectivity index (χ3n) is 10.5. The zero-order chi connectivity index (χ0) is 49.2. The number of imidazole rings is 3. The molecule has 0 atom stereocenters. The molecular weight excluding hydrogens is 938 g/mol. The number of anilines is 1. The van der Waals surface area contributed by atoms with Crippen LogP contribution in [0.5, 0.6) is 0 Å². The number of carbonyl (C=O) groups excluding carboxylic acids is 2. The summed E-state index contributed by atoms with van der Waals surface area (Å²) in [5, 5.41) is -0.361. The first-order valence-corrected chi connectivity index (χ1v) is 23.8. The summed E-state index contributed by atoms with van der Waals surface area (Å²) in [5.74, 6) is 2.93. The fourth-order valence-electron chi connectivity index (χ4n) is 7.42. The van der Waals surface area contributed by atoms with E-state index in [1.165, 1.54) is 29.2 Å². The molecule has 354 valence electrons. The Hall–Kier alpha value is -6.61. The molecule has 3 aromatic carbocycles. The predicted octanol–water partition coefficient (Wildman–Crippen LogP) is 11.2. The lowest BCUT2D eigenvalue weighted by Crippen LogP contribution is -2.27. The molecule has 9 rings (SSSR count). The van der Waals surface area contributed by atoms with Crippen LogP contribution in [0.3, 0.4) is 0 Å². The second-order valence-electron chi connectivity index (χ2n) is 15.8. The predicted molar refractivity (Wildman–Crippen MR) is 280 cm³/mol. The largest absolute Gasteiger partial charge is 0.331 e. The Morgan fingerprint density at radius 1 is 0.588 bits per heavy atom. The summed E-state index contributed by atoms with van der Waals surface area (Å²) >= 11 is 8.09. The normalized spacial score (nSPS) is 10.5. The van der Waals surface area contributed by atoms with E-state index in [0.29, 0.717) is 12.2 Å². The molecule has 0 aliphatic rings. The molecule has 2 N–H and O–H groups in total. The lowest BCUT2D eigenvalue weighted by molar-refractivity contribution is -0.116. The van der Waals surface area contributed by atoms with Crippen molar-refractivity contribution in [2.24, 2.45) is 5.73 Å². The van der Waals surface area contributed by atoms with Gasteiger partial charge in [0.2, 0.25) is 11.1 Å². The number of aromatic nitrogens is 9. The maximum Gasteiger partial charge on any atom is 0.223 e. The summed E-state index contributed by atoms with van der Waals surface area (Å²) in [5.41, 5.74) is 16.2. The number of halogens is 2. The maximum absolute atomic E-state index is 11.8. The molecule has 1 amide bonds. The number of aryl methyl sites for hydroxylation is 4. The van der Waals surface area contributed by atoms with E-state index in [1.807, 2.05) is 77.2 Å². The number of pyridine rings is 3. The van der Waals surface area contributed by atoms with Crippen LogP contribution in [0.4, 0.5) is 5.69 Å². The third kappa shape index (κ3) is 14.7. The minimum atomic E-state index is -0.361.